The second-order valence-corrected chi connectivity index (χ2v) is 6.19. The highest BCUT2D eigenvalue weighted by Gasteiger charge is 2.16. The summed E-state index contributed by atoms with van der Waals surface area (Å²) in [5.74, 6) is 0.532. The average Bonchev–Trinajstić information content (AvgIpc) is 2.75. The lowest BCUT2D eigenvalue weighted by Crippen LogP contribution is -2.36. The summed E-state index contributed by atoms with van der Waals surface area (Å²) in [7, 11) is 3.26. The smallest absolute Gasteiger partial charge is 0.201 e. The van der Waals surface area contributed by atoms with Gasteiger partial charge in [-0.1, -0.05) is 24.4 Å². The van der Waals surface area contributed by atoms with Crippen molar-refractivity contribution < 1.29 is 9.53 Å². The van der Waals surface area contributed by atoms with Crippen LogP contribution >= 0.6 is 12.2 Å². The second-order valence-electron chi connectivity index (χ2n) is 5.80. The fourth-order valence-corrected chi connectivity index (χ4v) is 3.22. The molecule has 1 saturated heterocycles. The molecule has 1 aromatic heterocycles. The molecule has 1 aliphatic rings. The maximum atomic E-state index is 10.9. The minimum atomic E-state index is 0.281. The number of hydrogen-bond acceptors (Lipinski definition) is 8. The van der Waals surface area contributed by atoms with E-state index in [0.29, 0.717) is 35.7 Å². The predicted molar refractivity (Wildman–Crippen MR) is 116 cm³/mol. The molecule has 0 bridgehead atoms. The molecule has 2 heterocycles. The Hall–Kier alpha value is -2.75. The minimum Gasteiger partial charge on any atom is -0.398 e. The number of allylic oxidation sites excluding steroid dienone is 1. The number of aromatic amines is 1. The number of ether oxygens (including phenoxy) is 1. The summed E-state index contributed by atoms with van der Waals surface area (Å²) in [6.07, 6.45) is 1.93. The zero-order valence-electron chi connectivity index (χ0n) is 16.1. The van der Waals surface area contributed by atoms with E-state index in [0.717, 1.165) is 30.0 Å². The lowest BCUT2D eigenvalue weighted by atomic mass is 10.0. The van der Waals surface area contributed by atoms with Crippen molar-refractivity contribution in [2.24, 2.45) is 11.5 Å². The number of nitrogens with one attached hydrogen (secondary N) is 2. The number of rotatable bonds is 5. The number of morpholine rings is 1. The normalized spacial score (nSPS) is 14.1. The van der Waals surface area contributed by atoms with Gasteiger partial charge in [-0.2, -0.15) is 0 Å². The van der Waals surface area contributed by atoms with E-state index < -0.39 is 0 Å². The van der Waals surface area contributed by atoms with Crippen molar-refractivity contribution >= 4 is 35.8 Å². The number of nitrogens with zero attached hydrogens (tertiary/aromatic N) is 2. The Labute approximate surface area is 169 Å². The molecular formula is C19H26N6O2S. The fourth-order valence-electron chi connectivity index (χ4n) is 2.91. The number of carbonyl (C=O) groups excluding carboxylic acids is 1. The molecule has 1 aliphatic heterocycles. The standard InChI is InChI=1S/C18H21N5O2S.CH5N/c1-20-18-21-16(15(17(26)22-18)14(19)5-8-24)12-3-2-4-13(11-12)23-6-9-25-10-7-23;1-2/h2-5,8,11H,6-7,9-10,19H2,1H3,(H2,20,21,22,26);2H2,1H3/b14-5-;. The van der Waals surface area contributed by atoms with Crippen LogP contribution in [-0.4, -0.2) is 56.7 Å². The van der Waals surface area contributed by atoms with Crippen LogP contribution in [-0.2, 0) is 9.53 Å². The number of anilines is 2. The van der Waals surface area contributed by atoms with Gasteiger partial charge in [0.1, 0.15) is 10.9 Å². The molecule has 9 heteroatoms. The Morgan fingerprint density at radius 2 is 2.07 bits per heavy atom. The molecule has 28 heavy (non-hydrogen) atoms. The Morgan fingerprint density at radius 1 is 1.36 bits per heavy atom. The van der Waals surface area contributed by atoms with Crippen LogP contribution in [0.3, 0.4) is 0 Å². The van der Waals surface area contributed by atoms with E-state index in [2.05, 4.69) is 38.1 Å². The third kappa shape index (κ3) is 4.94. The first-order chi connectivity index (χ1) is 13.6. The van der Waals surface area contributed by atoms with Gasteiger partial charge in [0.25, 0.3) is 0 Å². The topological polar surface area (TPSA) is 122 Å². The van der Waals surface area contributed by atoms with E-state index in [1.54, 1.807) is 7.05 Å². The van der Waals surface area contributed by atoms with Crippen LogP contribution in [0.15, 0.2) is 30.3 Å². The Balaban J connectivity index is 0.00000136. The number of benzene rings is 1. The molecular weight excluding hydrogens is 376 g/mol. The van der Waals surface area contributed by atoms with Gasteiger partial charge in [-0.3, -0.25) is 4.79 Å². The van der Waals surface area contributed by atoms with Crippen LogP contribution in [0.1, 0.15) is 5.56 Å². The highest BCUT2D eigenvalue weighted by molar-refractivity contribution is 7.71. The molecule has 0 radical (unpaired) electrons. The number of aromatic nitrogens is 2. The molecule has 6 N–H and O–H groups in total. The first-order valence-corrected chi connectivity index (χ1v) is 9.29. The molecule has 1 aromatic carbocycles. The van der Waals surface area contributed by atoms with Gasteiger partial charge in [-0.15, -0.1) is 0 Å². The molecule has 0 atom stereocenters. The summed E-state index contributed by atoms with van der Waals surface area (Å²) in [4.78, 5) is 20.6. The van der Waals surface area contributed by atoms with Gasteiger partial charge in [-0.25, -0.2) is 4.98 Å². The highest BCUT2D eigenvalue weighted by atomic mass is 32.1. The molecule has 2 aromatic rings. The quantitative estimate of drug-likeness (QED) is 0.339. The van der Waals surface area contributed by atoms with Crippen LogP contribution in [0.2, 0.25) is 0 Å². The molecule has 0 unspecified atom stereocenters. The molecule has 0 amide bonds. The Bertz CT molecular complexity index is 890. The molecule has 8 nitrogen and oxygen atoms in total. The lowest BCUT2D eigenvalue weighted by molar-refractivity contribution is -0.104. The van der Waals surface area contributed by atoms with Crippen LogP contribution < -0.4 is 21.7 Å². The van der Waals surface area contributed by atoms with Crippen molar-refractivity contribution in [1.82, 2.24) is 9.97 Å². The van der Waals surface area contributed by atoms with Crippen molar-refractivity contribution in [3.8, 4) is 11.3 Å². The van der Waals surface area contributed by atoms with Gasteiger partial charge in [0.2, 0.25) is 5.95 Å². The molecule has 0 saturated carbocycles. The summed E-state index contributed by atoms with van der Waals surface area (Å²) in [6, 6.07) is 8.10. The Kier molecular flexibility index (Phi) is 8.12. The van der Waals surface area contributed by atoms with Crippen molar-refractivity contribution in [1.29, 1.82) is 0 Å². The summed E-state index contributed by atoms with van der Waals surface area (Å²) >= 11 is 5.41. The number of carbonyl (C=O) groups is 1. The number of hydrogen-bond donors (Lipinski definition) is 4. The van der Waals surface area contributed by atoms with E-state index in [4.69, 9.17) is 22.7 Å². The van der Waals surface area contributed by atoms with Gasteiger partial charge in [0.15, 0.2) is 0 Å². The fraction of sp³-hybridized carbons (Fsp3) is 0.316. The van der Waals surface area contributed by atoms with Gasteiger partial charge in [-0.05, 0) is 19.2 Å². The van der Waals surface area contributed by atoms with E-state index in [-0.39, 0.29) is 5.70 Å². The molecule has 3 rings (SSSR count). The maximum absolute atomic E-state index is 10.9. The lowest BCUT2D eigenvalue weighted by Gasteiger charge is -2.29. The van der Waals surface area contributed by atoms with Crippen molar-refractivity contribution in [3.63, 3.8) is 0 Å². The highest BCUT2D eigenvalue weighted by Crippen LogP contribution is 2.30. The molecule has 1 fully saturated rings. The summed E-state index contributed by atoms with van der Waals surface area (Å²) in [6.45, 7) is 3.12. The number of aldehydes is 1. The van der Waals surface area contributed by atoms with E-state index in [1.165, 1.54) is 13.1 Å². The van der Waals surface area contributed by atoms with Gasteiger partial charge >= 0.3 is 0 Å². The summed E-state index contributed by atoms with van der Waals surface area (Å²) < 4.78 is 5.75. The van der Waals surface area contributed by atoms with E-state index in [9.17, 15) is 4.79 Å². The first-order valence-electron chi connectivity index (χ1n) is 8.88. The van der Waals surface area contributed by atoms with E-state index >= 15 is 0 Å². The van der Waals surface area contributed by atoms with Crippen LogP contribution in [0, 0.1) is 4.64 Å². The third-order valence-corrected chi connectivity index (χ3v) is 4.50. The summed E-state index contributed by atoms with van der Waals surface area (Å²) in [5, 5.41) is 2.96. The average molecular weight is 403 g/mol. The molecule has 0 spiro atoms. The predicted octanol–water partition coefficient (Wildman–Crippen LogP) is 1.76. The van der Waals surface area contributed by atoms with Crippen LogP contribution in [0.5, 0.6) is 0 Å². The minimum absolute atomic E-state index is 0.281. The van der Waals surface area contributed by atoms with Crippen molar-refractivity contribution in [2.75, 3.05) is 50.6 Å². The molecule has 0 aliphatic carbocycles. The first kappa shape index (κ1) is 21.5. The van der Waals surface area contributed by atoms with Crippen LogP contribution in [0.4, 0.5) is 11.6 Å². The van der Waals surface area contributed by atoms with E-state index in [1.807, 2.05) is 12.1 Å². The Morgan fingerprint density at radius 3 is 2.71 bits per heavy atom. The maximum Gasteiger partial charge on any atom is 0.201 e. The molecule has 150 valence electrons. The van der Waals surface area contributed by atoms with Gasteiger partial charge in [0, 0.05) is 43.2 Å². The SMILES string of the molecule is CN.CNc1nc(=S)c(/C(N)=C/C=O)c(-c2cccc(N3CCOCC3)c2)[nH]1. The zero-order valence-corrected chi connectivity index (χ0v) is 16.9. The van der Waals surface area contributed by atoms with Crippen molar-refractivity contribution in [2.45, 2.75) is 0 Å². The second kappa shape index (κ2) is 10.5. The summed E-state index contributed by atoms with van der Waals surface area (Å²) in [5.41, 5.74) is 14.1. The number of nitrogens with two attached hydrogens (primary N) is 2. The van der Waals surface area contributed by atoms with Crippen LogP contribution in [0.25, 0.3) is 17.0 Å². The number of H-pyrrole nitrogens is 1. The zero-order chi connectivity index (χ0) is 20.5. The van der Waals surface area contributed by atoms with Gasteiger partial charge < -0.3 is 31.4 Å². The third-order valence-electron chi connectivity index (χ3n) is 4.20. The van der Waals surface area contributed by atoms with Gasteiger partial charge in [0.05, 0.1) is 24.5 Å². The van der Waals surface area contributed by atoms with Crippen molar-refractivity contribution in [3.05, 3.63) is 40.5 Å². The largest absolute Gasteiger partial charge is 0.398 e. The monoisotopic (exact) mass is 402 g/mol.